The summed E-state index contributed by atoms with van der Waals surface area (Å²) in [6.07, 6.45) is 1.43. The lowest BCUT2D eigenvalue weighted by atomic mass is 10.3. The van der Waals surface area contributed by atoms with Crippen molar-refractivity contribution in [2.24, 2.45) is 0 Å². The van der Waals surface area contributed by atoms with E-state index in [0.29, 0.717) is 11.4 Å². The Balaban J connectivity index is 2.22. The lowest BCUT2D eigenvalue weighted by Gasteiger charge is -2.10. The Kier molecular flexibility index (Phi) is 4.66. The second kappa shape index (κ2) is 6.47. The molecule has 0 radical (unpaired) electrons. The van der Waals surface area contributed by atoms with Crippen LogP contribution in [-0.2, 0) is 0 Å². The Bertz CT molecular complexity index is 681. The van der Waals surface area contributed by atoms with Gasteiger partial charge in [-0.3, -0.25) is 5.32 Å². The molecule has 0 bridgehead atoms. The molecular formula is C12H11Cl2N5O2. The van der Waals surface area contributed by atoms with Crippen molar-refractivity contribution in [3.63, 3.8) is 0 Å². The molecule has 9 heteroatoms. The van der Waals surface area contributed by atoms with Crippen molar-refractivity contribution in [1.29, 1.82) is 0 Å². The Morgan fingerprint density at radius 2 is 2.05 bits per heavy atom. The average Bonchev–Trinajstić information content (AvgIpc) is 2.48. The maximum absolute atomic E-state index is 11.2. The van der Waals surface area contributed by atoms with Crippen LogP contribution >= 0.6 is 23.2 Å². The van der Waals surface area contributed by atoms with Crippen molar-refractivity contribution in [2.75, 3.05) is 18.1 Å². The summed E-state index contributed by atoms with van der Waals surface area (Å²) in [5.74, 6) is 0.573. The average molecular weight is 328 g/mol. The molecule has 0 aliphatic carbocycles. The van der Waals surface area contributed by atoms with Crippen molar-refractivity contribution < 1.29 is 9.53 Å². The predicted molar refractivity (Wildman–Crippen MR) is 81.1 cm³/mol. The van der Waals surface area contributed by atoms with E-state index in [2.05, 4.69) is 20.6 Å². The number of amides is 2. The minimum atomic E-state index is -0.444. The van der Waals surface area contributed by atoms with E-state index in [1.54, 1.807) is 12.1 Å². The van der Waals surface area contributed by atoms with Gasteiger partial charge in [0.25, 0.3) is 0 Å². The molecule has 0 unspecified atom stereocenters. The second-order valence-electron chi connectivity index (χ2n) is 3.81. The summed E-state index contributed by atoms with van der Waals surface area (Å²) in [4.78, 5) is 19.1. The highest BCUT2D eigenvalue weighted by Gasteiger charge is 2.11. The zero-order chi connectivity index (χ0) is 15.4. The van der Waals surface area contributed by atoms with Crippen molar-refractivity contribution in [3.05, 3.63) is 34.4 Å². The number of halogens is 2. The molecular weight excluding hydrogens is 317 g/mol. The van der Waals surface area contributed by atoms with Crippen molar-refractivity contribution in [3.8, 4) is 11.6 Å². The van der Waals surface area contributed by atoms with Crippen LogP contribution in [0, 0.1) is 0 Å². The van der Waals surface area contributed by atoms with E-state index in [9.17, 15) is 4.79 Å². The first-order valence-corrected chi connectivity index (χ1v) is 6.50. The molecule has 0 aliphatic rings. The molecule has 7 nitrogen and oxygen atoms in total. The van der Waals surface area contributed by atoms with Gasteiger partial charge in [-0.25, -0.2) is 9.78 Å². The van der Waals surface area contributed by atoms with Crippen molar-refractivity contribution in [1.82, 2.24) is 15.3 Å². The molecule has 2 aromatic rings. The van der Waals surface area contributed by atoms with E-state index in [1.807, 2.05) is 0 Å². The first kappa shape index (κ1) is 15.1. The number of carbonyl (C=O) groups excluding carboxylic acids is 1. The van der Waals surface area contributed by atoms with E-state index in [1.165, 1.54) is 19.3 Å². The van der Waals surface area contributed by atoms with Crippen molar-refractivity contribution >= 4 is 40.9 Å². The lowest BCUT2D eigenvalue weighted by Crippen LogP contribution is -2.25. The quantitative estimate of drug-likeness (QED) is 0.752. The van der Waals surface area contributed by atoms with Gasteiger partial charge in [-0.2, -0.15) is 4.98 Å². The first-order chi connectivity index (χ1) is 10.0. The van der Waals surface area contributed by atoms with E-state index in [-0.39, 0.29) is 21.9 Å². The fraction of sp³-hybridized carbons (Fsp3) is 0.0833. The summed E-state index contributed by atoms with van der Waals surface area (Å²) in [5, 5.41) is 5.18. The van der Waals surface area contributed by atoms with Gasteiger partial charge in [-0.05, 0) is 12.1 Å². The third kappa shape index (κ3) is 3.65. The standard InChI is InChI=1S/C12H11Cl2N5O2/c1-16-12(20)19-11-17-5-4-8(18-11)21-7-3-2-6(15)9(13)10(7)14/h2-5H,15H2,1H3,(H2,16,17,18,19,20). The van der Waals surface area contributed by atoms with E-state index in [0.717, 1.165) is 0 Å². The van der Waals surface area contributed by atoms with Gasteiger partial charge in [0, 0.05) is 19.3 Å². The number of ether oxygens (including phenoxy) is 1. The molecule has 0 atom stereocenters. The number of benzene rings is 1. The van der Waals surface area contributed by atoms with Gasteiger partial charge in [-0.1, -0.05) is 23.2 Å². The number of carbonyl (C=O) groups is 1. The fourth-order valence-corrected chi connectivity index (χ4v) is 1.73. The zero-order valence-corrected chi connectivity index (χ0v) is 12.4. The Morgan fingerprint density at radius 3 is 2.76 bits per heavy atom. The monoisotopic (exact) mass is 327 g/mol. The predicted octanol–water partition coefficient (Wildman–Crippen LogP) is 2.91. The number of nitrogens with zero attached hydrogens (tertiary/aromatic N) is 2. The molecule has 2 rings (SSSR count). The van der Waals surface area contributed by atoms with Crippen LogP contribution in [0.15, 0.2) is 24.4 Å². The zero-order valence-electron chi connectivity index (χ0n) is 10.9. The molecule has 110 valence electrons. The smallest absolute Gasteiger partial charge is 0.321 e. The Morgan fingerprint density at radius 1 is 1.29 bits per heavy atom. The Labute approximate surface area is 130 Å². The molecule has 0 saturated carbocycles. The Hall–Kier alpha value is -2.25. The van der Waals surface area contributed by atoms with Crippen LogP contribution in [0.3, 0.4) is 0 Å². The van der Waals surface area contributed by atoms with Crippen LogP contribution in [0.25, 0.3) is 0 Å². The molecule has 4 N–H and O–H groups in total. The highest BCUT2D eigenvalue weighted by Crippen LogP contribution is 2.37. The second-order valence-corrected chi connectivity index (χ2v) is 4.56. The number of hydrogen-bond acceptors (Lipinski definition) is 5. The highest BCUT2D eigenvalue weighted by atomic mass is 35.5. The van der Waals surface area contributed by atoms with Gasteiger partial charge in [-0.15, -0.1) is 0 Å². The van der Waals surface area contributed by atoms with Gasteiger partial charge in [0.2, 0.25) is 11.8 Å². The maximum atomic E-state index is 11.2. The normalized spacial score (nSPS) is 10.0. The number of rotatable bonds is 3. The van der Waals surface area contributed by atoms with Gasteiger partial charge in [0.1, 0.15) is 10.8 Å². The fourth-order valence-electron chi connectivity index (χ4n) is 1.36. The molecule has 1 heterocycles. The summed E-state index contributed by atoms with van der Waals surface area (Å²) >= 11 is 12.0. The van der Waals surface area contributed by atoms with Crippen LogP contribution in [-0.4, -0.2) is 23.0 Å². The molecule has 2 amide bonds. The summed E-state index contributed by atoms with van der Waals surface area (Å²) in [7, 11) is 1.48. The minimum Gasteiger partial charge on any atom is -0.437 e. The minimum absolute atomic E-state index is 0.0875. The molecule has 0 fully saturated rings. The van der Waals surface area contributed by atoms with Crippen LogP contribution in [0.5, 0.6) is 11.6 Å². The number of nitrogens with two attached hydrogens (primary N) is 1. The number of nitrogen functional groups attached to an aromatic ring is 1. The van der Waals surface area contributed by atoms with Crippen LogP contribution in [0.2, 0.25) is 10.0 Å². The van der Waals surface area contributed by atoms with Crippen LogP contribution in [0.1, 0.15) is 0 Å². The van der Waals surface area contributed by atoms with Gasteiger partial charge in [0.05, 0.1) is 10.7 Å². The SMILES string of the molecule is CNC(=O)Nc1nccc(Oc2ccc(N)c(Cl)c2Cl)n1. The third-order valence-corrected chi connectivity index (χ3v) is 3.25. The van der Waals surface area contributed by atoms with Gasteiger partial charge >= 0.3 is 6.03 Å². The topological polar surface area (TPSA) is 102 Å². The summed E-state index contributed by atoms with van der Waals surface area (Å²) < 4.78 is 5.51. The maximum Gasteiger partial charge on any atom is 0.321 e. The number of urea groups is 1. The van der Waals surface area contributed by atoms with Crippen LogP contribution < -0.4 is 21.1 Å². The molecule has 1 aromatic carbocycles. The molecule has 0 saturated heterocycles. The number of aromatic nitrogens is 2. The van der Waals surface area contributed by atoms with Crippen LogP contribution in [0.4, 0.5) is 16.4 Å². The van der Waals surface area contributed by atoms with E-state index in [4.69, 9.17) is 33.7 Å². The molecule has 21 heavy (non-hydrogen) atoms. The first-order valence-electron chi connectivity index (χ1n) is 5.74. The molecule has 0 aliphatic heterocycles. The number of anilines is 2. The van der Waals surface area contributed by atoms with Crippen molar-refractivity contribution in [2.45, 2.75) is 0 Å². The number of nitrogens with one attached hydrogen (secondary N) is 2. The lowest BCUT2D eigenvalue weighted by molar-refractivity contribution is 0.253. The third-order valence-electron chi connectivity index (χ3n) is 2.37. The largest absolute Gasteiger partial charge is 0.437 e. The summed E-state index contributed by atoms with van der Waals surface area (Å²) in [5.41, 5.74) is 5.97. The highest BCUT2D eigenvalue weighted by molar-refractivity contribution is 6.44. The molecule has 0 spiro atoms. The molecule has 1 aromatic heterocycles. The number of hydrogen-bond donors (Lipinski definition) is 3. The van der Waals surface area contributed by atoms with Gasteiger partial charge in [0.15, 0.2) is 0 Å². The summed E-state index contributed by atoms with van der Waals surface area (Å²) in [6.45, 7) is 0. The van der Waals surface area contributed by atoms with E-state index < -0.39 is 6.03 Å². The summed E-state index contributed by atoms with van der Waals surface area (Å²) in [6, 6.07) is 4.20. The van der Waals surface area contributed by atoms with Gasteiger partial charge < -0.3 is 15.8 Å². The van der Waals surface area contributed by atoms with E-state index >= 15 is 0 Å².